The molecule has 1 aromatic carbocycles. The Balaban J connectivity index is 2.29. The van der Waals surface area contributed by atoms with Crippen LogP contribution < -0.4 is 14.9 Å². The number of hydrogen-bond acceptors (Lipinski definition) is 5. The van der Waals surface area contributed by atoms with Crippen LogP contribution in [-0.2, 0) is 9.53 Å². The summed E-state index contributed by atoms with van der Waals surface area (Å²) in [5.41, 5.74) is 1.66. The van der Waals surface area contributed by atoms with Gasteiger partial charge in [-0.05, 0) is 13.0 Å². The number of carbonyl (C=O) groups excluding carboxylic acids is 1. The van der Waals surface area contributed by atoms with E-state index in [1.165, 1.54) is 24.5 Å². The Kier molecular flexibility index (Phi) is 3.02. The number of ether oxygens (including phenoxy) is 1. The van der Waals surface area contributed by atoms with Crippen LogP contribution >= 0.6 is 11.3 Å². The Morgan fingerprint density at radius 3 is 2.95 bits per heavy atom. The largest absolute Gasteiger partial charge is 0.466 e. The average molecular weight is 288 g/mol. The summed E-state index contributed by atoms with van der Waals surface area (Å²) < 4.78 is 6.52. The summed E-state index contributed by atoms with van der Waals surface area (Å²) >= 11 is 1.20. The molecule has 0 fully saturated rings. The van der Waals surface area contributed by atoms with Crippen molar-refractivity contribution in [1.82, 2.24) is 4.57 Å². The van der Waals surface area contributed by atoms with Crippen LogP contribution in [0.3, 0.4) is 0 Å². The molecule has 0 amide bonds. The maximum atomic E-state index is 12.4. The van der Waals surface area contributed by atoms with E-state index in [-0.39, 0.29) is 11.6 Å². The molecular weight excluding hydrogens is 276 g/mol. The first-order valence-electron chi connectivity index (χ1n) is 6.10. The molecule has 2 aromatic rings. The molecule has 1 atom stereocenters. The average Bonchev–Trinajstić information content (AvgIpc) is 2.75. The van der Waals surface area contributed by atoms with Gasteiger partial charge in [0.05, 0.1) is 18.8 Å². The van der Waals surface area contributed by atoms with Gasteiger partial charge in [-0.15, -0.1) is 0 Å². The number of benzene rings is 1. The van der Waals surface area contributed by atoms with E-state index in [1.807, 2.05) is 31.2 Å². The Hall–Kier alpha value is -2.21. The third kappa shape index (κ3) is 1.89. The minimum Gasteiger partial charge on any atom is -0.466 e. The first kappa shape index (κ1) is 12.8. The summed E-state index contributed by atoms with van der Waals surface area (Å²) in [6.07, 6.45) is 1.21. The van der Waals surface area contributed by atoms with Crippen LogP contribution in [0.5, 0.6) is 0 Å². The molecule has 0 radical (unpaired) electrons. The summed E-state index contributed by atoms with van der Waals surface area (Å²) in [5.74, 6) is -0.536. The summed E-state index contributed by atoms with van der Waals surface area (Å²) in [5, 5.41) is 0. The van der Waals surface area contributed by atoms with Gasteiger partial charge in [0.2, 0.25) is 0 Å². The lowest BCUT2D eigenvalue weighted by atomic mass is 10.1. The van der Waals surface area contributed by atoms with Crippen LogP contribution in [0.15, 0.2) is 34.1 Å². The van der Waals surface area contributed by atoms with Gasteiger partial charge in [0.25, 0.3) is 5.56 Å². The smallest absolute Gasteiger partial charge is 0.332 e. The predicted molar refractivity (Wildman–Crippen MR) is 75.8 cm³/mol. The summed E-state index contributed by atoms with van der Waals surface area (Å²) in [7, 11) is 1.28. The van der Waals surface area contributed by atoms with Crippen molar-refractivity contribution in [3.63, 3.8) is 0 Å². The van der Waals surface area contributed by atoms with Gasteiger partial charge < -0.3 is 4.74 Å². The molecule has 2 heterocycles. The highest BCUT2D eigenvalue weighted by Crippen LogP contribution is 2.28. The molecule has 6 heteroatoms. The van der Waals surface area contributed by atoms with Crippen molar-refractivity contribution in [2.75, 3.05) is 7.11 Å². The second kappa shape index (κ2) is 4.72. The lowest BCUT2D eigenvalue weighted by molar-refractivity contribution is -0.133. The van der Waals surface area contributed by atoms with Crippen molar-refractivity contribution in [2.45, 2.75) is 13.0 Å². The van der Waals surface area contributed by atoms with Gasteiger partial charge in [-0.2, -0.15) is 0 Å². The highest BCUT2D eigenvalue weighted by atomic mass is 32.1. The topological polar surface area (TPSA) is 60.7 Å². The Bertz CT molecular complexity index is 863. The number of carbonyl (C=O) groups is 1. The lowest BCUT2D eigenvalue weighted by Gasteiger charge is -2.18. The predicted octanol–water partition coefficient (Wildman–Crippen LogP) is 0.737. The standard InChI is InChI=1S/C14H12N2O3S/c1-8-9-5-3-4-6-10(9)15-14-16(8)13(18)11(20-14)7-12(17)19-2/h3-8H,1-2H3/b11-7+/t8-/m0/s1. The minimum atomic E-state index is -0.536. The van der Waals surface area contributed by atoms with E-state index in [4.69, 9.17) is 0 Å². The fraction of sp³-hybridized carbons (Fsp3) is 0.214. The number of nitrogens with zero attached hydrogens (tertiary/aromatic N) is 2. The zero-order chi connectivity index (χ0) is 14.3. The third-order valence-electron chi connectivity index (χ3n) is 3.28. The van der Waals surface area contributed by atoms with E-state index < -0.39 is 5.97 Å². The molecule has 0 aliphatic carbocycles. The zero-order valence-corrected chi connectivity index (χ0v) is 11.8. The second-order valence-corrected chi connectivity index (χ2v) is 5.45. The molecule has 5 nitrogen and oxygen atoms in total. The Labute approximate surface area is 118 Å². The molecule has 1 aromatic heterocycles. The number of aromatic nitrogens is 1. The number of rotatable bonds is 1. The van der Waals surface area contributed by atoms with E-state index in [2.05, 4.69) is 9.73 Å². The van der Waals surface area contributed by atoms with Crippen molar-refractivity contribution >= 4 is 29.1 Å². The molecule has 1 aliphatic heterocycles. The molecule has 3 rings (SSSR count). The van der Waals surface area contributed by atoms with Crippen LogP contribution in [0.2, 0.25) is 0 Å². The van der Waals surface area contributed by atoms with E-state index >= 15 is 0 Å². The minimum absolute atomic E-state index is 0.0951. The van der Waals surface area contributed by atoms with Crippen LogP contribution in [-0.4, -0.2) is 17.6 Å². The molecule has 0 saturated heterocycles. The first-order chi connectivity index (χ1) is 9.61. The summed E-state index contributed by atoms with van der Waals surface area (Å²) in [4.78, 5) is 28.7. The van der Waals surface area contributed by atoms with Crippen molar-refractivity contribution in [1.29, 1.82) is 0 Å². The number of fused-ring (bicyclic) bond motifs is 2. The summed E-state index contributed by atoms with van der Waals surface area (Å²) in [6.45, 7) is 1.95. The number of para-hydroxylation sites is 1. The number of esters is 1. The van der Waals surface area contributed by atoms with Gasteiger partial charge in [-0.3, -0.25) is 9.36 Å². The van der Waals surface area contributed by atoms with Crippen LogP contribution in [0, 0.1) is 0 Å². The van der Waals surface area contributed by atoms with Gasteiger partial charge in [0, 0.05) is 11.6 Å². The fourth-order valence-electron chi connectivity index (χ4n) is 2.26. The van der Waals surface area contributed by atoms with Gasteiger partial charge >= 0.3 is 5.97 Å². The normalized spacial score (nSPS) is 17.1. The molecule has 0 bridgehead atoms. The maximum absolute atomic E-state index is 12.4. The molecule has 0 N–H and O–H groups in total. The van der Waals surface area contributed by atoms with Gasteiger partial charge in [0.1, 0.15) is 4.53 Å². The monoisotopic (exact) mass is 288 g/mol. The van der Waals surface area contributed by atoms with E-state index in [0.717, 1.165) is 11.3 Å². The lowest BCUT2D eigenvalue weighted by Crippen LogP contribution is -2.35. The Morgan fingerprint density at radius 2 is 2.20 bits per heavy atom. The van der Waals surface area contributed by atoms with Crippen molar-refractivity contribution in [3.05, 3.63) is 49.5 Å². The van der Waals surface area contributed by atoms with Gasteiger partial charge in [0.15, 0.2) is 4.80 Å². The van der Waals surface area contributed by atoms with Gasteiger partial charge in [-0.1, -0.05) is 29.5 Å². The van der Waals surface area contributed by atoms with Crippen molar-refractivity contribution in [3.8, 4) is 0 Å². The zero-order valence-electron chi connectivity index (χ0n) is 11.0. The fourth-order valence-corrected chi connectivity index (χ4v) is 3.28. The summed E-state index contributed by atoms with van der Waals surface area (Å²) in [6, 6.07) is 7.62. The van der Waals surface area contributed by atoms with Crippen molar-refractivity contribution < 1.29 is 9.53 Å². The maximum Gasteiger partial charge on any atom is 0.332 e. The molecule has 0 unspecified atom stereocenters. The SMILES string of the molecule is COC(=O)/C=c1/sc2n(c1=O)[C@@H](C)c1ccccc1N=2. The van der Waals surface area contributed by atoms with Gasteiger partial charge in [-0.25, -0.2) is 9.79 Å². The second-order valence-electron chi connectivity index (χ2n) is 4.44. The number of methoxy groups -OCH3 is 1. The first-order valence-corrected chi connectivity index (χ1v) is 6.92. The molecule has 102 valence electrons. The number of hydrogen-bond donors (Lipinski definition) is 0. The van der Waals surface area contributed by atoms with E-state index in [9.17, 15) is 9.59 Å². The molecule has 0 spiro atoms. The highest BCUT2D eigenvalue weighted by Gasteiger charge is 2.21. The van der Waals surface area contributed by atoms with Crippen LogP contribution in [0.25, 0.3) is 6.08 Å². The molecular formula is C14H12N2O3S. The third-order valence-corrected chi connectivity index (χ3v) is 4.26. The van der Waals surface area contributed by atoms with Crippen molar-refractivity contribution in [2.24, 2.45) is 4.99 Å². The van der Waals surface area contributed by atoms with Crippen LogP contribution in [0.1, 0.15) is 18.5 Å². The van der Waals surface area contributed by atoms with Crippen LogP contribution in [0.4, 0.5) is 5.69 Å². The molecule has 1 aliphatic rings. The number of thiazole rings is 1. The quantitative estimate of drug-likeness (QED) is 0.727. The van der Waals surface area contributed by atoms with E-state index in [0.29, 0.717) is 9.33 Å². The highest BCUT2D eigenvalue weighted by molar-refractivity contribution is 7.07. The molecule has 0 saturated carbocycles. The molecule has 20 heavy (non-hydrogen) atoms. The Morgan fingerprint density at radius 1 is 1.45 bits per heavy atom. The van der Waals surface area contributed by atoms with E-state index in [1.54, 1.807) is 4.57 Å².